The third kappa shape index (κ3) is 4.84. The van der Waals surface area contributed by atoms with Crippen LogP contribution in [0.25, 0.3) is 21.3 Å². The molecule has 6 nitrogen and oxygen atoms in total. The Morgan fingerprint density at radius 2 is 1.91 bits per heavy atom. The second-order valence-electron chi connectivity index (χ2n) is 7.66. The van der Waals surface area contributed by atoms with Gasteiger partial charge in [0.15, 0.2) is 0 Å². The normalized spacial score (nSPS) is 12.4. The van der Waals surface area contributed by atoms with E-state index >= 15 is 0 Å². The number of fused-ring (bicyclic) bond motifs is 1. The number of nitrogens with one attached hydrogen (secondary N) is 1. The Morgan fingerprint density at radius 3 is 2.56 bits per heavy atom. The van der Waals surface area contributed by atoms with Gasteiger partial charge in [-0.1, -0.05) is 75.1 Å². The van der Waals surface area contributed by atoms with E-state index in [-0.39, 0.29) is 17.1 Å². The van der Waals surface area contributed by atoms with Crippen molar-refractivity contribution in [3.63, 3.8) is 0 Å². The molecule has 1 amide bonds. The first-order valence-electron chi connectivity index (χ1n) is 10.6. The van der Waals surface area contributed by atoms with Gasteiger partial charge >= 0.3 is 0 Å². The number of aryl methyl sites for hydroxylation is 1. The van der Waals surface area contributed by atoms with Gasteiger partial charge in [-0.2, -0.15) is 0 Å². The van der Waals surface area contributed by atoms with E-state index in [0.717, 1.165) is 37.8 Å². The summed E-state index contributed by atoms with van der Waals surface area (Å²) in [5.74, 6) is 0.201. The van der Waals surface area contributed by atoms with Crippen LogP contribution in [-0.4, -0.2) is 31.3 Å². The first-order chi connectivity index (χ1) is 15.5. The molecule has 4 rings (SSSR count). The maximum absolute atomic E-state index is 13.0. The number of carbonyl (C=O) groups excluding carboxylic acids is 1. The molecule has 0 aliphatic carbocycles. The van der Waals surface area contributed by atoms with Crippen LogP contribution in [0.15, 0.2) is 41.0 Å². The fraction of sp³-hybridized carbons (Fsp3) is 0.348. The summed E-state index contributed by atoms with van der Waals surface area (Å²) < 4.78 is 0. The molecule has 166 valence electrons. The van der Waals surface area contributed by atoms with Crippen molar-refractivity contribution in [2.24, 2.45) is 0 Å². The predicted molar refractivity (Wildman–Crippen MR) is 135 cm³/mol. The van der Waals surface area contributed by atoms with Crippen molar-refractivity contribution < 1.29 is 4.79 Å². The van der Waals surface area contributed by atoms with Crippen LogP contribution in [0.1, 0.15) is 50.6 Å². The first-order valence-corrected chi connectivity index (χ1v) is 13.2. The van der Waals surface area contributed by atoms with Crippen LogP contribution in [0.5, 0.6) is 0 Å². The van der Waals surface area contributed by atoms with E-state index in [2.05, 4.69) is 75.9 Å². The summed E-state index contributed by atoms with van der Waals surface area (Å²) in [6.45, 7) is 8.28. The molecule has 0 aliphatic rings. The van der Waals surface area contributed by atoms with E-state index in [0.29, 0.717) is 11.6 Å². The van der Waals surface area contributed by atoms with Crippen molar-refractivity contribution >= 4 is 55.7 Å². The molecule has 0 bridgehead atoms. The van der Waals surface area contributed by atoms with Gasteiger partial charge in [0, 0.05) is 16.9 Å². The largest absolute Gasteiger partial charge is 0.300 e. The number of carbonyl (C=O) groups is 1. The molecular weight excluding hydrogens is 458 g/mol. The summed E-state index contributed by atoms with van der Waals surface area (Å²) in [6.07, 6.45) is 3.26. The van der Waals surface area contributed by atoms with Gasteiger partial charge in [-0.3, -0.25) is 10.1 Å². The number of aromatic nitrogens is 4. The maximum atomic E-state index is 13.0. The Bertz CT molecular complexity index is 1220. The van der Waals surface area contributed by atoms with Crippen LogP contribution in [0, 0.1) is 0 Å². The lowest BCUT2D eigenvalue weighted by atomic mass is 10.0. The molecule has 3 heterocycles. The van der Waals surface area contributed by atoms with Crippen LogP contribution in [0.3, 0.4) is 0 Å². The van der Waals surface area contributed by atoms with Gasteiger partial charge in [0.25, 0.3) is 0 Å². The second-order valence-corrected chi connectivity index (χ2v) is 10.7. The minimum atomic E-state index is -0.297. The minimum absolute atomic E-state index is 0.0835. The summed E-state index contributed by atoms with van der Waals surface area (Å²) in [4.78, 5) is 22.9. The number of hydrogen-bond acceptors (Lipinski definition) is 8. The average Bonchev–Trinajstić information content (AvgIpc) is 3.45. The fourth-order valence-corrected chi connectivity index (χ4v) is 5.99. The van der Waals surface area contributed by atoms with Crippen molar-refractivity contribution in [2.45, 2.75) is 56.7 Å². The van der Waals surface area contributed by atoms with Gasteiger partial charge in [0.2, 0.25) is 11.0 Å². The van der Waals surface area contributed by atoms with E-state index in [1.165, 1.54) is 28.7 Å². The van der Waals surface area contributed by atoms with Crippen LogP contribution < -0.4 is 5.32 Å². The highest BCUT2D eigenvalue weighted by molar-refractivity contribution is 8.00. The summed E-state index contributed by atoms with van der Waals surface area (Å²) in [5, 5.41) is 16.3. The standard InChI is InChI=1S/C23H25N5OS3/c1-5-14-7-9-15(10-8-14)16-11-30-21-18(16)22(25-12-24-21)31-17(6-2)19(29)26-23-28-27-20(32-23)13(3)4/h7-13,17H,5-6H2,1-4H3,(H,26,28,29). The zero-order valence-electron chi connectivity index (χ0n) is 18.5. The topological polar surface area (TPSA) is 80.7 Å². The maximum Gasteiger partial charge on any atom is 0.239 e. The van der Waals surface area contributed by atoms with E-state index < -0.39 is 0 Å². The molecular formula is C23H25N5OS3. The molecule has 1 unspecified atom stereocenters. The van der Waals surface area contributed by atoms with Gasteiger partial charge in [0.05, 0.1) is 10.6 Å². The number of benzene rings is 1. The monoisotopic (exact) mass is 483 g/mol. The van der Waals surface area contributed by atoms with Gasteiger partial charge in [-0.05, 0) is 24.0 Å². The van der Waals surface area contributed by atoms with Crippen LogP contribution in [0.2, 0.25) is 0 Å². The Labute approximate surface area is 199 Å². The highest BCUT2D eigenvalue weighted by atomic mass is 32.2. The van der Waals surface area contributed by atoms with Gasteiger partial charge in [-0.25, -0.2) is 9.97 Å². The number of hydrogen-bond donors (Lipinski definition) is 1. The highest BCUT2D eigenvalue weighted by Gasteiger charge is 2.23. The Balaban J connectivity index is 1.60. The first kappa shape index (κ1) is 22.8. The highest BCUT2D eigenvalue weighted by Crippen LogP contribution is 2.39. The van der Waals surface area contributed by atoms with E-state index in [1.54, 1.807) is 17.7 Å². The molecule has 0 aliphatic heterocycles. The molecule has 0 spiro atoms. The number of thiophene rings is 1. The van der Waals surface area contributed by atoms with Crippen molar-refractivity contribution in [1.29, 1.82) is 0 Å². The molecule has 0 saturated carbocycles. The zero-order valence-corrected chi connectivity index (χ0v) is 20.9. The second kappa shape index (κ2) is 10.1. The fourth-order valence-electron chi connectivity index (χ4n) is 3.23. The Morgan fingerprint density at radius 1 is 1.12 bits per heavy atom. The van der Waals surface area contributed by atoms with Gasteiger partial charge in [0.1, 0.15) is 21.2 Å². The molecule has 32 heavy (non-hydrogen) atoms. The zero-order chi connectivity index (χ0) is 22.7. The van der Waals surface area contributed by atoms with Gasteiger partial charge in [-0.15, -0.1) is 21.5 Å². The van der Waals surface area contributed by atoms with Crippen molar-refractivity contribution in [3.05, 3.63) is 46.5 Å². The number of nitrogens with zero attached hydrogens (tertiary/aromatic N) is 4. The molecule has 3 aromatic heterocycles. The Hall–Kier alpha value is -2.36. The van der Waals surface area contributed by atoms with Crippen LogP contribution in [0.4, 0.5) is 5.13 Å². The smallest absolute Gasteiger partial charge is 0.239 e. The molecule has 4 aromatic rings. The Kier molecular flexibility index (Phi) is 7.17. The minimum Gasteiger partial charge on any atom is -0.300 e. The molecule has 0 saturated heterocycles. The summed E-state index contributed by atoms with van der Waals surface area (Å²) in [6, 6.07) is 8.61. The number of thioether (sulfide) groups is 1. The lowest BCUT2D eigenvalue weighted by Crippen LogP contribution is -2.24. The number of amides is 1. The van der Waals surface area contributed by atoms with Crippen LogP contribution in [-0.2, 0) is 11.2 Å². The van der Waals surface area contributed by atoms with E-state index in [4.69, 9.17) is 0 Å². The average molecular weight is 484 g/mol. The molecule has 0 fully saturated rings. The third-order valence-electron chi connectivity index (χ3n) is 5.09. The lowest BCUT2D eigenvalue weighted by molar-refractivity contribution is -0.115. The number of anilines is 1. The summed E-state index contributed by atoms with van der Waals surface area (Å²) in [7, 11) is 0. The molecule has 0 radical (unpaired) electrons. The SMILES string of the molecule is CCc1ccc(-c2csc3ncnc(SC(CC)C(=O)Nc4nnc(C(C)C)s4)c23)cc1. The predicted octanol–water partition coefficient (Wildman–Crippen LogP) is 6.41. The van der Waals surface area contributed by atoms with Crippen molar-refractivity contribution in [1.82, 2.24) is 20.2 Å². The van der Waals surface area contributed by atoms with Crippen molar-refractivity contribution in [3.8, 4) is 11.1 Å². The summed E-state index contributed by atoms with van der Waals surface area (Å²) >= 11 is 4.50. The van der Waals surface area contributed by atoms with E-state index in [9.17, 15) is 4.79 Å². The lowest BCUT2D eigenvalue weighted by Gasteiger charge is -2.14. The number of rotatable bonds is 8. The van der Waals surface area contributed by atoms with Crippen LogP contribution >= 0.6 is 34.4 Å². The molecule has 1 aromatic carbocycles. The summed E-state index contributed by atoms with van der Waals surface area (Å²) in [5.41, 5.74) is 3.55. The molecule has 1 N–H and O–H groups in total. The third-order valence-corrected chi connectivity index (χ3v) is 8.48. The van der Waals surface area contributed by atoms with Gasteiger partial charge < -0.3 is 0 Å². The quantitative estimate of drug-likeness (QED) is 0.230. The van der Waals surface area contributed by atoms with Crippen molar-refractivity contribution in [2.75, 3.05) is 5.32 Å². The molecule has 1 atom stereocenters. The molecule has 9 heteroatoms. The van der Waals surface area contributed by atoms with E-state index in [1.807, 2.05) is 6.92 Å².